The summed E-state index contributed by atoms with van der Waals surface area (Å²) in [7, 11) is 0. The van der Waals surface area contributed by atoms with Crippen molar-refractivity contribution >= 4 is 16.3 Å². The van der Waals surface area contributed by atoms with Crippen LogP contribution in [0, 0.1) is 0 Å². The van der Waals surface area contributed by atoms with Gasteiger partial charge in [0.2, 0.25) is 0 Å². The average molecular weight is 338 g/mol. The van der Waals surface area contributed by atoms with E-state index in [9.17, 15) is 0 Å². The van der Waals surface area contributed by atoms with E-state index < -0.39 is 0 Å². The number of aromatic nitrogens is 2. The van der Waals surface area contributed by atoms with Crippen molar-refractivity contribution in [1.29, 1.82) is 0 Å². The number of fused-ring (bicyclic) bond motifs is 5. The molecule has 0 saturated carbocycles. The Bertz CT molecular complexity index is 1100. The predicted molar refractivity (Wildman–Crippen MR) is 110 cm³/mol. The molecule has 2 nitrogen and oxygen atoms in total. The Kier molecular flexibility index (Phi) is 3.66. The summed E-state index contributed by atoms with van der Waals surface area (Å²) in [5, 5.41) is 2.46. The molecule has 0 spiro atoms. The van der Waals surface area contributed by atoms with Crippen molar-refractivity contribution in [2.45, 2.75) is 26.2 Å². The van der Waals surface area contributed by atoms with Gasteiger partial charge in [-0.3, -0.25) is 0 Å². The van der Waals surface area contributed by atoms with Gasteiger partial charge in [0.25, 0.3) is 0 Å². The van der Waals surface area contributed by atoms with Gasteiger partial charge in [-0.25, -0.2) is 9.97 Å². The van der Waals surface area contributed by atoms with Crippen LogP contribution in [0.5, 0.6) is 0 Å². The number of benzene rings is 2. The van der Waals surface area contributed by atoms with Gasteiger partial charge in [-0.15, -0.1) is 0 Å². The first-order valence-corrected chi connectivity index (χ1v) is 8.86. The second kappa shape index (κ2) is 5.77. The van der Waals surface area contributed by atoms with Crippen molar-refractivity contribution < 1.29 is 0 Å². The van der Waals surface area contributed by atoms with Crippen LogP contribution in [-0.4, -0.2) is 9.97 Å². The second-order valence-corrected chi connectivity index (χ2v) is 7.28. The van der Waals surface area contributed by atoms with Gasteiger partial charge in [-0.05, 0) is 28.8 Å². The molecule has 2 aromatic carbocycles. The lowest BCUT2D eigenvalue weighted by molar-refractivity contribution is 0.653. The third kappa shape index (κ3) is 2.19. The van der Waals surface area contributed by atoms with Gasteiger partial charge in [0.05, 0.1) is 11.4 Å². The highest BCUT2D eigenvalue weighted by Gasteiger charge is 2.40. The topological polar surface area (TPSA) is 25.8 Å². The van der Waals surface area contributed by atoms with Gasteiger partial charge in [0.1, 0.15) is 6.33 Å². The number of hydrogen-bond acceptors (Lipinski definition) is 2. The second-order valence-electron chi connectivity index (χ2n) is 7.28. The van der Waals surface area contributed by atoms with Crippen molar-refractivity contribution in [1.82, 2.24) is 9.97 Å². The molecule has 0 unspecified atom stereocenters. The molecule has 128 valence electrons. The van der Waals surface area contributed by atoms with Gasteiger partial charge in [-0.2, -0.15) is 0 Å². The monoisotopic (exact) mass is 338 g/mol. The molecule has 0 radical (unpaired) electrons. The summed E-state index contributed by atoms with van der Waals surface area (Å²) in [5.74, 6) is 0. The summed E-state index contributed by atoms with van der Waals surface area (Å²) in [5.41, 5.74) is 7.10. The van der Waals surface area contributed by atoms with Gasteiger partial charge in [-0.1, -0.05) is 75.6 Å². The molecule has 0 N–H and O–H groups in total. The van der Waals surface area contributed by atoms with E-state index in [1.807, 2.05) is 19.1 Å². The maximum atomic E-state index is 4.69. The average Bonchev–Trinajstić information content (AvgIpc) is 2.89. The van der Waals surface area contributed by atoms with Crippen molar-refractivity contribution in [2.75, 3.05) is 0 Å². The molecule has 4 rings (SSSR count). The van der Waals surface area contributed by atoms with Crippen LogP contribution >= 0.6 is 0 Å². The fourth-order valence-electron chi connectivity index (χ4n) is 4.03. The Morgan fingerprint density at radius 2 is 1.81 bits per heavy atom. The van der Waals surface area contributed by atoms with Crippen LogP contribution < -0.4 is 0 Å². The lowest BCUT2D eigenvalue weighted by Crippen LogP contribution is -2.18. The summed E-state index contributed by atoms with van der Waals surface area (Å²) >= 11 is 0. The highest BCUT2D eigenvalue weighted by molar-refractivity contribution is 6.02. The largest absolute Gasteiger partial charge is 0.236 e. The molecule has 1 heterocycles. The minimum absolute atomic E-state index is 0.190. The SMILES string of the molecule is C=C(/C=C\C)C(=C)c1ncnc2c1C(C)(C)c1ccc3ccccc3c1-2. The highest BCUT2D eigenvalue weighted by atomic mass is 14.9. The number of hydrogen-bond donors (Lipinski definition) is 0. The Hall–Kier alpha value is -3.00. The number of rotatable bonds is 3. The minimum Gasteiger partial charge on any atom is -0.236 e. The number of nitrogens with zero attached hydrogens (tertiary/aromatic N) is 2. The van der Waals surface area contributed by atoms with Crippen molar-refractivity contribution in [3.05, 3.63) is 90.4 Å². The molecular formula is C24H22N2. The van der Waals surface area contributed by atoms with E-state index in [0.29, 0.717) is 0 Å². The Labute approximate surface area is 154 Å². The summed E-state index contributed by atoms with van der Waals surface area (Å²) in [6.45, 7) is 14.9. The van der Waals surface area contributed by atoms with Gasteiger partial charge in [0.15, 0.2) is 0 Å². The molecule has 26 heavy (non-hydrogen) atoms. The summed E-state index contributed by atoms with van der Waals surface area (Å²) in [6.07, 6.45) is 5.60. The van der Waals surface area contributed by atoms with E-state index in [0.717, 1.165) is 28.1 Å². The summed E-state index contributed by atoms with van der Waals surface area (Å²) in [6, 6.07) is 12.9. The van der Waals surface area contributed by atoms with E-state index in [2.05, 4.69) is 68.4 Å². The van der Waals surface area contributed by atoms with Crippen LogP contribution in [0.2, 0.25) is 0 Å². The zero-order valence-corrected chi connectivity index (χ0v) is 15.5. The summed E-state index contributed by atoms with van der Waals surface area (Å²) < 4.78 is 0. The van der Waals surface area contributed by atoms with E-state index in [1.54, 1.807) is 6.33 Å². The van der Waals surface area contributed by atoms with Crippen LogP contribution in [0.25, 0.3) is 27.6 Å². The molecule has 0 saturated heterocycles. The predicted octanol–water partition coefficient (Wildman–Crippen LogP) is 6.08. The van der Waals surface area contributed by atoms with Gasteiger partial charge >= 0.3 is 0 Å². The standard InChI is InChI=1S/C24H22N2/c1-6-9-15(2)16(3)22-21-23(26-14-25-22)20-18-11-8-7-10-17(18)12-13-19(20)24(21,4)5/h6-14H,2-3H2,1,4-5H3/b9-6-. The lowest BCUT2D eigenvalue weighted by atomic mass is 9.80. The first-order chi connectivity index (χ1) is 12.5. The molecular weight excluding hydrogens is 316 g/mol. The first-order valence-electron chi connectivity index (χ1n) is 8.86. The van der Waals surface area contributed by atoms with Crippen LogP contribution in [-0.2, 0) is 5.41 Å². The molecule has 1 aromatic heterocycles. The normalized spacial score (nSPS) is 14.4. The van der Waals surface area contributed by atoms with Gasteiger partial charge in [0, 0.05) is 22.1 Å². The van der Waals surface area contributed by atoms with E-state index in [1.165, 1.54) is 21.9 Å². The minimum atomic E-state index is -0.190. The van der Waals surface area contributed by atoms with Crippen molar-refractivity contribution in [3.63, 3.8) is 0 Å². The molecule has 1 aliphatic carbocycles. The highest BCUT2D eigenvalue weighted by Crippen LogP contribution is 2.52. The number of allylic oxidation sites excluding steroid dienone is 4. The van der Waals surface area contributed by atoms with Crippen LogP contribution in [0.1, 0.15) is 37.6 Å². The molecule has 2 heteroatoms. The zero-order valence-electron chi connectivity index (χ0n) is 15.5. The molecule has 1 aliphatic rings. The molecule has 0 aliphatic heterocycles. The molecule has 0 atom stereocenters. The quantitative estimate of drug-likeness (QED) is 0.541. The van der Waals surface area contributed by atoms with E-state index in [4.69, 9.17) is 4.98 Å². The van der Waals surface area contributed by atoms with E-state index in [-0.39, 0.29) is 5.41 Å². The molecule has 0 amide bonds. The molecule has 0 bridgehead atoms. The smallest absolute Gasteiger partial charge is 0.116 e. The molecule has 3 aromatic rings. The first kappa shape index (κ1) is 16.5. The Morgan fingerprint density at radius 1 is 1.04 bits per heavy atom. The third-order valence-corrected chi connectivity index (χ3v) is 5.35. The fraction of sp³-hybridized carbons (Fsp3) is 0.167. The molecule has 0 fully saturated rings. The van der Waals surface area contributed by atoms with Crippen molar-refractivity contribution in [3.8, 4) is 11.3 Å². The maximum absolute atomic E-state index is 4.69. The summed E-state index contributed by atoms with van der Waals surface area (Å²) in [4.78, 5) is 9.30. The zero-order chi connectivity index (χ0) is 18.5. The lowest BCUT2D eigenvalue weighted by Gasteiger charge is -2.24. The van der Waals surface area contributed by atoms with Crippen LogP contribution in [0.3, 0.4) is 0 Å². The fourth-order valence-corrected chi connectivity index (χ4v) is 4.03. The Balaban J connectivity index is 2.04. The maximum Gasteiger partial charge on any atom is 0.116 e. The van der Waals surface area contributed by atoms with Crippen LogP contribution in [0.4, 0.5) is 0 Å². The third-order valence-electron chi connectivity index (χ3n) is 5.35. The van der Waals surface area contributed by atoms with Crippen molar-refractivity contribution in [2.24, 2.45) is 0 Å². The van der Waals surface area contributed by atoms with Crippen LogP contribution in [0.15, 0.2) is 73.6 Å². The van der Waals surface area contributed by atoms with E-state index >= 15 is 0 Å². The Morgan fingerprint density at radius 3 is 2.58 bits per heavy atom. The van der Waals surface area contributed by atoms with Gasteiger partial charge < -0.3 is 0 Å².